The highest BCUT2D eigenvalue weighted by Gasteiger charge is 2.12. The quantitative estimate of drug-likeness (QED) is 0.868. The van der Waals surface area contributed by atoms with Gasteiger partial charge in [0.2, 0.25) is 0 Å². The third-order valence-corrected chi connectivity index (χ3v) is 2.98. The van der Waals surface area contributed by atoms with E-state index in [4.69, 9.17) is 9.52 Å². The molecule has 2 aromatic heterocycles. The zero-order valence-electron chi connectivity index (χ0n) is 8.19. The van der Waals surface area contributed by atoms with Crippen LogP contribution in [0.5, 0.6) is 0 Å². The molecule has 0 aliphatic rings. The first-order chi connectivity index (χ1) is 7.16. The van der Waals surface area contributed by atoms with E-state index in [9.17, 15) is 4.79 Å². The Morgan fingerprint density at radius 1 is 1.60 bits per heavy atom. The Hall–Kier alpha value is -1.55. The maximum absolute atomic E-state index is 10.6. The van der Waals surface area contributed by atoms with Crippen LogP contribution >= 0.6 is 11.3 Å². The topological polar surface area (TPSA) is 50.4 Å². The summed E-state index contributed by atoms with van der Waals surface area (Å²) >= 11 is 1.58. The van der Waals surface area contributed by atoms with Crippen LogP contribution in [0.4, 0.5) is 0 Å². The maximum Gasteiger partial charge on any atom is 0.311 e. The van der Waals surface area contributed by atoms with Crippen molar-refractivity contribution in [3.05, 3.63) is 34.9 Å². The van der Waals surface area contributed by atoms with Crippen LogP contribution in [0.2, 0.25) is 0 Å². The molecule has 0 saturated carbocycles. The van der Waals surface area contributed by atoms with Gasteiger partial charge in [0.25, 0.3) is 0 Å². The van der Waals surface area contributed by atoms with Crippen LogP contribution in [0.1, 0.15) is 11.3 Å². The van der Waals surface area contributed by atoms with Crippen molar-refractivity contribution in [1.29, 1.82) is 0 Å². The smallest absolute Gasteiger partial charge is 0.311 e. The van der Waals surface area contributed by atoms with Crippen molar-refractivity contribution in [2.24, 2.45) is 0 Å². The summed E-state index contributed by atoms with van der Waals surface area (Å²) in [5.74, 6) is 0.412. The Balaban J connectivity index is 2.33. The fourth-order valence-corrected chi connectivity index (χ4v) is 2.05. The van der Waals surface area contributed by atoms with Gasteiger partial charge < -0.3 is 9.52 Å². The van der Waals surface area contributed by atoms with E-state index in [1.165, 1.54) is 0 Å². The highest BCUT2D eigenvalue weighted by atomic mass is 32.1. The van der Waals surface area contributed by atoms with Crippen molar-refractivity contribution >= 4 is 17.3 Å². The SMILES string of the molecule is Cc1cc(-c2cccs2)oc1CC(=O)O. The summed E-state index contributed by atoms with van der Waals surface area (Å²) in [4.78, 5) is 11.6. The Labute approximate surface area is 91.0 Å². The number of thiophene rings is 1. The molecule has 0 fully saturated rings. The molecule has 0 aromatic carbocycles. The van der Waals surface area contributed by atoms with E-state index in [0.29, 0.717) is 5.76 Å². The number of carbonyl (C=O) groups is 1. The second-order valence-electron chi connectivity index (χ2n) is 3.26. The number of carboxylic acid groups (broad SMARTS) is 1. The lowest BCUT2D eigenvalue weighted by Gasteiger charge is -1.92. The number of aryl methyl sites for hydroxylation is 1. The summed E-state index contributed by atoms with van der Waals surface area (Å²) in [5, 5.41) is 10.6. The molecule has 1 N–H and O–H groups in total. The van der Waals surface area contributed by atoms with Gasteiger partial charge in [-0.05, 0) is 30.0 Å². The predicted molar refractivity (Wildman–Crippen MR) is 58.1 cm³/mol. The fourth-order valence-electron chi connectivity index (χ4n) is 1.37. The summed E-state index contributed by atoms with van der Waals surface area (Å²) in [6.45, 7) is 1.86. The Bertz CT molecular complexity index is 468. The van der Waals surface area contributed by atoms with Gasteiger partial charge in [0, 0.05) is 0 Å². The monoisotopic (exact) mass is 222 g/mol. The molecule has 0 saturated heterocycles. The summed E-state index contributed by atoms with van der Waals surface area (Å²) < 4.78 is 5.50. The molecule has 0 bridgehead atoms. The highest BCUT2D eigenvalue weighted by molar-refractivity contribution is 7.13. The molecule has 78 valence electrons. The van der Waals surface area contributed by atoms with Crippen LogP contribution < -0.4 is 0 Å². The normalized spacial score (nSPS) is 10.5. The van der Waals surface area contributed by atoms with E-state index in [2.05, 4.69) is 0 Å². The number of aliphatic carboxylic acids is 1. The largest absolute Gasteiger partial charge is 0.481 e. The average Bonchev–Trinajstić information content (AvgIpc) is 2.75. The van der Waals surface area contributed by atoms with Gasteiger partial charge in [0.1, 0.15) is 17.9 Å². The molecule has 0 aliphatic carbocycles. The average molecular weight is 222 g/mol. The molecule has 3 nitrogen and oxygen atoms in total. The molecule has 0 amide bonds. The minimum absolute atomic E-state index is 0.0583. The van der Waals surface area contributed by atoms with Gasteiger partial charge in [-0.15, -0.1) is 11.3 Å². The van der Waals surface area contributed by atoms with E-state index in [0.717, 1.165) is 16.2 Å². The Morgan fingerprint density at radius 2 is 2.40 bits per heavy atom. The van der Waals surface area contributed by atoms with Crippen LogP contribution in [-0.2, 0) is 11.2 Å². The van der Waals surface area contributed by atoms with Gasteiger partial charge in [-0.3, -0.25) is 4.79 Å². The lowest BCUT2D eigenvalue weighted by molar-refractivity contribution is -0.136. The summed E-state index contributed by atoms with van der Waals surface area (Å²) in [7, 11) is 0. The molecule has 0 radical (unpaired) electrons. The number of rotatable bonds is 3. The molecule has 15 heavy (non-hydrogen) atoms. The third-order valence-electron chi connectivity index (χ3n) is 2.10. The molecule has 0 spiro atoms. The first-order valence-corrected chi connectivity index (χ1v) is 5.40. The molecular formula is C11H10O3S. The molecule has 2 aromatic rings. The van der Waals surface area contributed by atoms with Crippen molar-refractivity contribution in [2.75, 3.05) is 0 Å². The van der Waals surface area contributed by atoms with Crippen molar-refractivity contribution in [3.8, 4) is 10.6 Å². The lowest BCUT2D eigenvalue weighted by Crippen LogP contribution is -1.99. The summed E-state index contributed by atoms with van der Waals surface area (Å²) in [6, 6.07) is 5.77. The van der Waals surface area contributed by atoms with Crippen molar-refractivity contribution in [1.82, 2.24) is 0 Å². The van der Waals surface area contributed by atoms with E-state index >= 15 is 0 Å². The van der Waals surface area contributed by atoms with Crippen LogP contribution in [0, 0.1) is 6.92 Å². The maximum atomic E-state index is 10.6. The van der Waals surface area contributed by atoms with Crippen LogP contribution in [0.15, 0.2) is 28.0 Å². The standard InChI is InChI=1S/C11H10O3S/c1-7-5-9(10-3-2-4-15-10)14-8(7)6-11(12)13/h2-5H,6H2,1H3,(H,12,13). The summed E-state index contributed by atoms with van der Waals surface area (Å²) in [5.41, 5.74) is 0.890. The molecular weight excluding hydrogens is 212 g/mol. The van der Waals surface area contributed by atoms with Gasteiger partial charge in [-0.1, -0.05) is 6.07 Å². The lowest BCUT2D eigenvalue weighted by atomic mass is 10.2. The number of furan rings is 1. The fraction of sp³-hybridized carbons (Fsp3) is 0.182. The molecule has 2 heterocycles. The van der Waals surface area contributed by atoms with Crippen LogP contribution in [0.3, 0.4) is 0 Å². The molecule has 0 unspecified atom stereocenters. The Morgan fingerprint density at radius 3 is 3.00 bits per heavy atom. The van der Waals surface area contributed by atoms with Crippen molar-refractivity contribution in [3.63, 3.8) is 0 Å². The molecule has 0 aliphatic heterocycles. The first-order valence-electron chi connectivity index (χ1n) is 4.52. The van der Waals surface area contributed by atoms with Gasteiger partial charge in [-0.25, -0.2) is 0 Å². The van der Waals surface area contributed by atoms with Gasteiger partial charge >= 0.3 is 5.97 Å². The van der Waals surface area contributed by atoms with E-state index in [-0.39, 0.29) is 6.42 Å². The first kappa shape index (κ1) is 9.98. The second-order valence-corrected chi connectivity index (χ2v) is 4.21. The molecule has 2 rings (SSSR count). The number of carboxylic acids is 1. The van der Waals surface area contributed by atoms with Crippen LogP contribution in [0.25, 0.3) is 10.6 Å². The molecule has 4 heteroatoms. The van der Waals surface area contributed by atoms with Crippen molar-refractivity contribution in [2.45, 2.75) is 13.3 Å². The van der Waals surface area contributed by atoms with Crippen LogP contribution in [-0.4, -0.2) is 11.1 Å². The predicted octanol–water partition coefficient (Wildman–Crippen LogP) is 2.94. The van der Waals surface area contributed by atoms with E-state index in [1.807, 2.05) is 30.5 Å². The second kappa shape index (κ2) is 3.90. The highest BCUT2D eigenvalue weighted by Crippen LogP contribution is 2.29. The zero-order chi connectivity index (χ0) is 10.8. The van der Waals surface area contributed by atoms with E-state index in [1.54, 1.807) is 11.3 Å². The zero-order valence-corrected chi connectivity index (χ0v) is 9.00. The Kier molecular flexibility index (Phi) is 2.60. The van der Waals surface area contributed by atoms with Crippen molar-refractivity contribution < 1.29 is 14.3 Å². The number of hydrogen-bond acceptors (Lipinski definition) is 3. The van der Waals surface area contributed by atoms with E-state index < -0.39 is 5.97 Å². The minimum Gasteiger partial charge on any atom is -0.481 e. The minimum atomic E-state index is -0.870. The van der Waals surface area contributed by atoms with Gasteiger partial charge in [0.05, 0.1) is 4.88 Å². The number of hydrogen-bond donors (Lipinski definition) is 1. The van der Waals surface area contributed by atoms with Gasteiger partial charge in [-0.2, -0.15) is 0 Å². The van der Waals surface area contributed by atoms with Gasteiger partial charge in [0.15, 0.2) is 0 Å². The molecule has 0 atom stereocenters. The third kappa shape index (κ3) is 2.10. The summed E-state index contributed by atoms with van der Waals surface area (Å²) in [6.07, 6.45) is -0.0583.